The summed E-state index contributed by atoms with van der Waals surface area (Å²) in [5.41, 5.74) is 3.23. The number of aryl methyl sites for hydroxylation is 1. The van der Waals surface area contributed by atoms with E-state index in [0.717, 1.165) is 43.0 Å². The normalized spacial score (nSPS) is 16.0. The van der Waals surface area contributed by atoms with Crippen LogP contribution in [0.3, 0.4) is 0 Å². The number of likely N-dealkylation sites (tertiary alicyclic amines) is 1. The Balaban J connectivity index is 1.52. The number of amides is 1. The molecular formula is C27H35N5OS. The van der Waals surface area contributed by atoms with Gasteiger partial charge in [-0.1, -0.05) is 56.3 Å². The average Bonchev–Trinajstić information content (AvgIpc) is 3.15. The van der Waals surface area contributed by atoms with Gasteiger partial charge in [-0.05, 0) is 62.5 Å². The summed E-state index contributed by atoms with van der Waals surface area (Å²) in [5.74, 6) is 1.55. The Hall–Kier alpha value is -2.77. The van der Waals surface area contributed by atoms with Gasteiger partial charge in [-0.2, -0.15) is 0 Å². The number of carbonyl (C=O) groups excluding carboxylic acids is 1. The summed E-state index contributed by atoms with van der Waals surface area (Å²) in [7, 11) is 0. The predicted molar refractivity (Wildman–Crippen MR) is 139 cm³/mol. The van der Waals surface area contributed by atoms with Gasteiger partial charge in [-0.25, -0.2) is 4.68 Å². The Morgan fingerprint density at radius 1 is 1.09 bits per heavy atom. The Morgan fingerprint density at radius 3 is 2.44 bits per heavy atom. The molecule has 34 heavy (non-hydrogen) atoms. The first-order chi connectivity index (χ1) is 16.3. The minimum Gasteiger partial charge on any atom is -0.353 e. The van der Waals surface area contributed by atoms with Gasteiger partial charge in [-0.15, -0.1) is 5.10 Å². The van der Waals surface area contributed by atoms with Gasteiger partial charge in [0.25, 0.3) is 0 Å². The highest BCUT2D eigenvalue weighted by Crippen LogP contribution is 2.24. The first-order valence-electron chi connectivity index (χ1n) is 12.2. The fraction of sp³-hybridized carbons (Fsp3) is 0.444. The zero-order valence-corrected chi connectivity index (χ0v) is 21.4. The van der Waals surface area contributed by atoms with Gasteiger partial charge in [-0.3, -0.25) is 14.3 Å². The van der Waals surface area contributed by atoms with E-state index >= 15 is 0 Å². The molecule has 4 rings (SSSR count). The third-order valence-electron chi connectivity index (χ3n) is 6.79. The molecule has 0 radical (unpaired) electrons. The van der Waals surface area contributed by atoms with Crippen molar-refractivity contribution in [2.24, 2.45) is 11.8 Å². The first kappa shape index (κ1) is 24.4. The summed E-state index contributed by atoms with van der Waals surface area (Å²) < 4.78 is 4.65. The first-order valence-corrected chi connectivity index (χ1v) is 12.6. The lowest BCUT2D eigenvalue weighted by Gasteiger charge is -2.32. The molecule has 0 saturated carbocycles. The molecule has 3 aromatic rings. The summed E-state index contributed by atoms with van der Waals surface area (Å²) >= 11 is 5.92. The van der Waals surface area contributed by atoms with Crippen molar-refractivity contribution in [1.29, 1.82) is 0 Å². The number of hydrogen-bond donors (Lipinski definition) is 1. The van der Waals surface area contributed by atoms with Gasteiger partial charge in [0.2, 0.25) is 10.7 Å². The fourth-order valence-corrected chi connectivity index (χ4v) is 4.60. The van der Waals surface area contributed by atoms with Crippen LogP contribution < -0.4 is 5.32 Å². The molecule has 0 aliphatic carbocycles. The third kappa shape index (κ3) is 5.47. The van der Waals surface area contributed by atoms with Crippen molar-refractivity contribution in [1.82, 2.24) is 24.6 Å². The lowest BCUT2D eigenvalue weighted by Crippen LogP contribution is -2.44. The van der Waals surface area contributed by atoms with Crippen LogP contribution in [0, 0.1) is 23.5 Å². The lowest BCUT2D eigenvalue weighted by atomic mass is 9.95. The van der Waals surface area contributed by atoms with Crippen LogP contribution in [0.15, 0.2) is 54.6 Å². The summed E-state index contributed by atoms with van der Waals surface area (Å²) in [4.78, 5) is 15.0. The highest BCUT2D eigenvalue weighted by molar-refractivity contribution is 7.71. The predicted octanol–water partition coefficient (Wildman–Crippen LogP) is 5.21. The number of rotatable bonds is 7. The molecule has 180 valence electrons. The molecule has 7 heteroatoms. The van der Waals surface area contributed by atoms with Gasteiger partial charge in [0, 0.05) is 30.6 Å². The van der Waals surface area contributed by atoms with Crippen LogP contribution in [-0.4, -0.2) is 44.3 Å². The summed E-state index contributed by atoms with van der Waals surface area (Å²) in [6.07, 6.45) is 1.71. The molecule has 1 saturated heterocycles. The van der Waals surface area contributed by atoms with E-state index in [2.05, 4.69) is 78.9 Å². The van der Waals surface area contributed by atoms with Gasteiger partial charge in [0.1, 0.15) is 0 Å². The summed E-state index contributed by atoms with van der Waals surface area (Å²) in [6, 6.07) is 18.7. The number of nitrogens with one attached hydrogen (secondary N) is 1. The van der Waals surface area contributed by atoms with Gasteiger partial charge in [0.05, 0.1) is 12.4 Å². The quantitative estimate of drug-likeness (QED) is 0.475. The van der Waals surface area contributed by atoms with Crippen molar-refractivity contribution < 1.29 is 4.79 Å². The molecule has 1 atom stereocenters. The van der Waals surface area contributed by atoms with Crippen molar-refractivity contribution >= 4 is 18.1 Å². The maximum atomic E-state index is 12.7. The molecule has 0 bridgehead atoms. The molecule has 1 aliphatic rings. The molecule has 2 aromatic carbocycles. The van der Waals surface area contributed by atoms with Gasteiger partial charge in [0.15, 0.2) is 5.82 Å². The molecule has 1 N–H and O–H groups in total. The maximum absolute atomic E-state index is 12.7. The second-order valence-electron chi connectivity index (χ2n) is 9.72. The van der Waals surface area contributed by atoms with Gasteiger partial charge >= 0.3 is 0 Å². The Labute approximate surface area is 207 Å². The van der Waals surface area contributed by atoms with E-state index in [1.807, 2.05) is 22.9 Å². The van der Waals surface area contributed by atoms with E-state index in [1.165, 1.54) is 5.56 Å². The molecule has 1 amide bonds. The van der Waals surface area contributed by atoms with E-state index in [9.17, 15) is 4.79 Å². The monoisotopic (exact) mass is 477 g/mol. The van der Waals surface area contributed by atoms with Crippen LogP contribution >= 0.6 is 12.2 Å². The molecule has 1 aromatic heterocycles. The topological polar surface area (TPSA) is 55.1 Å². The Bertz CT molecular complexity index is 1180. The number of piperidine rings is 1. The minimum atomic E-state index is 0.0788. The largest absolute Gasteiger partial charge is 0.353 e. The maximum Gasteiger partial charge on any atom is 0.223 e. The summed E-state index contributed by atoms with van der Waals surface area (Å²) in [5, 5.41) is 8.13. The number of carbonyl (C=O) groups is 1. The van der Waals surface area contributed by atoms with Crippen LogP contribution in [0.4, 0.5) is 0 Å². The Morgan fingerprint density at radius 2 is 1.79 bits per heavy atom. The highest BCUT2D eigenvalue weighted by Gasteiger charge is 2.27. The van der Waals surface area contributed by atoms with Crippen molar-refractivity contribution in [3.63, 3.8) is 0 Å². The molecule has 0 spiro atoms. The zero-order chi connectivity index (χ0) is 24.2. The van der Waals surface area contributed by atoms with E-state index in [-0.39, 0.29) is 17.9 Å². The highest BCUT2D eigenvalue weighted by atomic mass is 32.1. The van der Waals surface area contributed by atoms with Crippen LogP contribution in [-0.2, 0) is 11.5 Å². The van der Waals surface area contributed by atoms with E-state index in [4.69, 9.17) is 17.3 Å². The second kappa shape index (κ2) is 10.7. The van der Waals surface area contributed by atoms with Crippen LogP contribution in [0.2, 0.25) is 0 Å². The van der Waals surface area contributed by atoms with Crippen molar-refractivity contribution in [3.05, 3.63) is 64.9 Å². The SMILES string of the molecule is Cc1cccc(-n2c(-c3ccccc3)nn(CN3CCC(C(=O)NC(C)C(C)C)CC3)c2=S)c1. The molecule has 1 aliphatic heterocycles. The number of benzene rings is 2. The Kier molecular flexibility index (Phi) is 7.63. The zero-order valence-electron chi connectivity index (χ0n) is 20.6. The fourth-order valence-electron chi connectivity index (χ4n) is 4.31. The number of hydrogen-bond acceptors (Lipinski definition) is 4. The molecular weight excluding hydrogens is 442 g/mol. The van der Waals surface area contributed by atoms with Crippen molar-refractivity contribution in [2.45, 2.75) is 53.2 Å². The molecule has 6 nitrogen and oxygen atoms in total. The van der Waals surface area contributed by atoms with Crippen molar-refractivity contribution in [3.8, 4) is 17.1 Å². The number of nitrogens with zero attached hydrogens (tertiary/aromatic N) is 4. The lowest BCUT2D eigenvalue weighted by molar-refractivity contribution is -0.127. The minimum absolute atomic E-state index is 0.0788. The molecule has 1 unspecified atom stereocenters. The average molecular weight is 478 g/mol. The molecule has 1 fully saturated rings. The second-order valence-corrected chi connectivity index (χ2v) is 10.1. The third-order valence-corrected chi connectivity index (χ3v) is 7.19. The van der Waals surface area contributed by atoms with E-state index in [0.29, 0.717) is 17.4 Å². The number of aromatic nitrogens is 3. The van der Waals surface area contributed by atoms with E-state index in [1.54, 1.807) is 0 Å². The van der Waals surface area contributed by atoms with Gasteiger partial charge < -0.3 is 5.32 Å². The van der Waals surface area contributed by atoms with Crippen LogP contribution in [0.1, 0.15) is 39.2 Å². The molecule has 2 heterocycles. The standard InChI is InChI=1S/C27H35N5OS/c1-19(2)21(4)28-26(33)23-13-15-30(16-14-23)18-31-27(34)32(24-12-8-9-20(3)17-24)25(29-31)22-10-6-5-7-11-22/h5-12,17,19,21,23H,13-16,18H2,1-4H3,(H,28,33). The van der Waals surface area contributed by atoms with E-state index < -0.39 is 0 Å². The van der Waals surface area contributed by atoms with Crippen molar-refractivity contribution in [2.75, 3.05) is 13.1 Å². The summed E-state index contributed by atoms with van der Waals surface area (Å²) in [6.45, 7) is 10.8. The smallest absolute Gasteiger partial charge is 0.223 e. The van der Waals surface area contributed by atoms with Crippen LogP contribution in [0.25, 0.3) is 17.1 Å². The van der Waals surface area contributed by atoms with Crippen LogP contribution in [0.5, 0.6) is 0 Å².